The van der Waals surface area contributed by atoms with Gasteiger partial charge in [0, 0.05) is 23.3 Å². The van der Waals surface area contributed by atoms with Gasteiger partial charge in [-0.05, 0) is 59.4 Å². The summed E-state index contributed by atoms with van der Waals surface area (Å²) in [5.41, 5.74) is 1.95. The second-order valence-electron chi connectivity index (χ2n) is 6.69. The van der Waals surface area contributed by atoms with Gasteiger partial charge in [-0.1, -0.05) is 0 Å². The highest BCUT2D eigenvalue weighted by Gasteiger charge is 2.30. The molecule has 1 amide bonds. The number of Topliss-reactive ketones (excluding diaryl/α,β-unsaturated/α-hetero) is 1. The van der Waals surface area contributed by atoms with E-state index in [9.17, 15) is 14.4 Å². The fourth-order valence-electron chi connectivity index (χ4n) is 3.67. The summed E-state index contributed by atoms with van der Waals surface area (Å²) in [4.78, 5) is 41.0. The van der Waals surface area contributed by atoms with Crippen LogP contribution in [0.3, 0.4) is 0 Å². The maximum atomic E-state index is 12.4. The van der Waals surface area contributed by atoms with Gasteiger partial charge in [-0.25, -0.2) is 4.79 Å². The van der Waals surface area contributed by atoms with Crippen LogP contribution in [0.1, 0.15) is 72.1 Å². The van der Waals surface area contributed by atoms with Gasteiger partial charge in [0.1, 0.15) is 5.69 Å². The molecule has 0 radical (unpaired) electrons. The van der Waals surface area contributed by atoms with Crippen molar-refractivity contribution >= 4 is 17.7 Å². The van der Waals surface area contributed by atoms with Crippen molar-refractivity contribution in [1.82, 2.24) is 9.88 Å². The molecule has 132 valence electrons. The number of carbonyl (C=O) groups is 3. The average Bonchev–Trinajstić information content (AvgIpc) is 2.79. The Labute approximate surface area is 142 Å². The highest BCUT2D eigenvalue weighted by atomic mass is 16.5. The molecule has 1 aromatic rings. The Morgan fingerprint density at radius 3 is 2.25 bits per heavy atom. The molecule has 0 aliphatic carbocycles. The number of amides is 1. The number of hydrogen-bond donors (Lipinski definition) is 1. The van der Waals surface area contributed by atoms with Crippen LogP contribution >= 0.6 is 0 Å². The Morgan fingerprint density at radius 1 is 1.17 bits per heavy atom. The van der Waals surface area contributed by atoms with Gasteiger partial charge in [0.2, 0.25) is 0 Å². The van der Waals surface area contributed by atoms with Crippen molar-refractivity contribution in [2.24, 2.45) is 0 Å². The van der Waals surface area contributed by atoms with Crippen molar-refractivity contribution in [3.05, 3.63) is 22.5 Å². The molecule has 1 aromatic heterocycles. The molecule has 1 saturated heterocycles. The fourth-order valence-corrected chi connectivity index (χ4v) is 3.67. The summed E-state index contributed by atoms with van der Waals surface area (Å²) >= 11 is 0. The number of esters is 1. The number of aromatic nitrogens is 1. The molecule has 0 spiro atoms. The number of ketones is 1. The van der Waals surface area contributed by atoms with Crippen molar-refractivity contribution < 1.29 is 19.1 Å². The van der Waals surface area contributed by atoms with Crippen molar-refractivity contribution in [2.45, 2.75) is 66.0 Å². The lowest BCUT2D eigenvalue weighted by atomic mass is 9.97. The van der Waals surface area contributed by atoms with Crippen molar-refractivity contribution in [3.63, 3.8) is 0 Å². The first-order chi connectivity index (χ1) is 11.2. The number of aryl methyl sites for hydroxylation is 1. The lowest BCUT2D eigenvalue weighted by Crippen LogP contribution is -2.49. The number of hydrogen-bond acceptors (Lipinski definition) is 4. The van der Waals surface area contributed by atoms with Gasteiger partial charge in [0.05, 0.1) is 0 Å². The Balaban J connectivity index is 2.04. The summed E-state index contributed by atoms with van der Waals surface area (Å²) in [5.74, 6) is -0.878. The third-order valence-corrected chi connectivity index (χ3v) is 4.80. The average molecular weight is 334 g/mol. The first-order valence-corrected chi connectivity index (χ1v) is 8.42. The van der Waals surface area contributed by atoms with Crippen molar-refractivity contribution in [1.29, 1.82) is 0 Å². The smallest absolute Gasteiger partial charge is 0.355 e. The van der Waals surface area contributed by atoms with Crippen LogP contribution < -0.4 is 0 Å². The number of piperidine rings is 1. The minimum atomic E-state index is -0.603. The van der Waals surface area contributed by atoms with Gasteiger partial charge in [0.15, 0.2) is 12.4 Å². The largest absolute Gasteiger partial charge is 0.451 e. The van der Waals surface area contributed by atoms with E-state index in [1.54, 1.807) is 13.8 Å². The Hall–Kier alpha value is -2.11. The molecular formula is C18H26N2O4. The van der Waals surface area contributed by atoms with Crippen LogP contribution in [0.15, 0.2) is 0 Å². The number of nitrogens with zero attached hydrogens (tertiary/aromatic N) is 1. The monoisotopic (exact) mass is 334 g/mol. The van der Waals surface area contributed by atoms with Gasteiger partial charge in [-0.2, -0.15) is 0 Å². The Bertz CT molecular complexity index is 652. The minimum absolute atomic E-state index is 0.104. The topological polar surface area (TPSA) is 79.5 Å². The van der Waals surface area contributed by atoms with E-state index in [1.165, 1.54) is 6.92 Å². The van der Waals surface area contributed by atoms with Crippen molar-refractivity contribution in [3.8, 4) is 0 Å². The number of rotatable bonds is 4. The molecule has 1 N–H and O–H groups in total. The van der Waals surface area contributed by atoms with E-state index in [0.717, 1.165) is 19.3 Å². The number of carbonyl (C=O) groups excluding carboxylic acids is 3. The van der Waals surface area contributed by atoms with Gasteiger partial charge < -0.3 is 14.6 Å². The zero-order valence-corrected chi connectivity index (χ0v) is 15.1. The predicted octanol–water partition coefficient (Wildman–Crippen LogP) is 2.78. The predicted molar refractivity (Wildman–Crippen MR) is 90.2 cm³/mol. The van der Waals surface area contributed by atoms with E-state index in [1.807, 2.05) is 18.7 Å². The number of aromatic amines is 1. The van der Waals surface area contributed by atoms with Crippen LogP contribution in [0, 0.1) is 13.8 Å². The van der Waals surface area contributed by atoms with E-state index in [0.29, 0.717) is 16.8 Å². The Morgan fingerprint density at radius 2 is 1.75 bits per heavy atom. The van der Waals surface area contributed by atoms with E-state index in [4.69, 9.17) is 4.74 Å². The van der Waals surface area contributed by atoms with Gasteiger partial charge in [-0.3, -0.25) is 9.59 Å². The zero-order chi connectivity index (χ0) is 18.0. The maximum Gasteiger partial charge on any atom is 0.355 e. The molecule has 2 unspecified atom stereocenters. The summed E-state index contributed by atoms with van der Waals surface area (Å²) in [6.45, 7) is 8.66. The molecule has 0 bridgehead atoms. The molecule has 6 heteroatoms. The van der Waals surface area contributed by atoms with E-state index >= 15 is 0 Å². The molecule has 6 nitrogen and oxygen atoms in total. The standard InChI is InChI=1S/C18H26N2O4/c1-10-7-6-8-11(2)20(10)15(22)9-24-18(23)17-12(3)16(14(5)21)13(4)19-17/h10-11,19H,6-9H2,1-5H3. The second kappa shape index (κ2) is 7.20. The van der Waals surface area contributed by atoms with Crippen LogP contribution in [0.5, 0.6) is 0 Å². The lowest BCUT2D eigenvalue weighted by Gasteiger charge is -2.38. The summed E-state index contributed by atoms with van der Waals surface area (Å²) in [6, 6.07) is 0.331. The molecule has 0 saturated carbocycles. The molecular weight excluding hydrogens is 308 g/mol. The fraction of sp³-hybridized carbons (Fsp3) is 0.611. The van der Waals surface area contributed by atoms with Gasteiger partial charge in [0.25, 0.3) is 5.91 Å². The number of ether oxygens (including phenoxy) is 1. The van der Waals surface area contributed by atoms with Gasteiger partial charge in [-0.15, -0.1) is 0 Å². The molecule has 1 fully saturated rings. The Kier molecular flexibility index (Phi) is 5.47. The quantitative estimate of drug-likeness (QED) is 0.678. The highest BCUT2D eigenvalue weighted by Crippen LogP contribution is 2.23. The second-order valence-corrected chi connectivity index (χ2v) is 6.69. The van der Waals surface area contributed by atoms with Crippen LogP contribution in [0.2, 0.25) is 0 Å². The molecule has 1 aliphatic heterocycles. The van der Waals surface area contributed by atoms with E-state index in [-0.39, 0.29) is 36.1 Å². The van der Waals surface area contributed by atoms with Crippen LogP contribution in [0.4, 0.5) is 0 Å². The minimum Gasteiger partial charge on any atom is -0.451 e. The SMILES string of the molecule is CC(=O)c1c(C)[nH]c(C(=O)OCC(=O)N2C(C)CCCC2C)c1C. The molecule has 2 rings (SSSR count). The summed E-state index contributed by atoms with van der Waals surface area (Å²) in [5, 5.41) is 0. The molecule has 24 heavy (non-hydrogen) atoms. The number of H-pyrrole nitrogens is 1. The van der Waals surface area contributed by atoms with Crippen LogP contribution in [-0.2, 0) is 9.53 Å². The first-order valence-electron chi connectivity index (χ1n) is 8.42. The van der Waals surface area contributed by atoms with E-state index in [2.05, 4.69) is 4.98 Å². The normalized spacial score (nSPS) is 20.8. The molecule has 2 heterocycles. The maximum absolute atomic E-state index is 12.4. The summed E-state index contributed by atoms with van der Waals surface area (Å²) in [7, 11) is 0. The van der Waals surface area contributed by atoms with Gasteiger partial charge >= 0.3 is 5.97 Å². The first kappa shape index (κ1) is 18.2. The molecule has 0 aromatic carbocycles. The van der Waals surface area contributed by atoms with Crippen LogP contribution in [0.25, 0.3) is 0 Å². The summed E-state index contributed by atoms with van der Waals surface area (Å²) < 4.78 is 5.20. The van der Waals surface area contributed by atoms with E-state index < -0.39 is 5.97 Å². The summed E-state index contributed by atoms with van der Waals surface area (Å²) in [6.07, 6.45) is 3.06. The molecule has 1 aliphatic rings. The highest BCUT2D eigenvalue weighted by molar-refractivity contribution is 6.01. The van der Waals surface area contributed by atoms with Crippen LogP contribution in [-0.4, -0.2) is 46.2 Å². The zero-order valence-electron chi connectivity index (χ0n) is 15.1. The number of likely N-dealkylation sites (tertiary alicyclic amines) is 1. The lowest BCUT2D eigenvalue weighted by molar-refractivity contribution is -0.140. The number of nitrogens with one attached hydrogen (secondary N) is 1. The third kappa shape index (κ3) is 3.52. The van der Waals surface area contributed by atoms with Crippen molar-refractivity contribution in [2.75, 3.05) is 6.61 Å². The third-order valence-electron chi connectivity index (χ3n) is 4.80. The molecule has 2 atom stereocenters.